The third-order valence-corrected chi connectivity index (χ3v) is 5.79. The van der Waals surface area contributed by atoms with E-state index in [4.69, 9.17) is 23.2 Å². The molecule has 1 aromatic carbocycles. The van der Waals surface area contributed by atoms with Gasteiger partial charge in [0.2, 0.25) is 11.8 Å². The van der Waals surface area contributed by atoms with Crippen LogP contribution in [0.3, 0.4) is 0 Å². The number of hydrogen-bond donors (Lipinski definition) is 1. The quantitative estimate of drug-likeness (QED) is 0.840. The van der Waals surface area contributed by atoms with Crippen molar-refractivity contribution in [2.24, 2.45) is 5.92 Å². The second-order valence-corrected chi connectivity index (χ2v) is 7.90. The Kier molecular flexibility index (Phi) is 6.24. The van der Waals surface area contributed by atoms with E-state index in [-0.39, 0.29) is 23.8 Å². The Bertz CT molecular complexity index is 644. The first-order valence-corrected chi connectivity index (χ1v) is 9.80. The number of amides is 2. The van der Waals surface area contributed by atoms with E-state index in [0.29, 0.717) is 29.4 Å². The third kappa shape index (κ3) is 4.89. The summed E-state index contributed by atoms with van der Waals surface area (Å²) in [6.45, 7) is 1.39. The lowest BCUT2D eigenvalue weighted by Gasteiger charge is -2.20. The fraction of sp³-hybridized carbons (Fsp3) is 0.579. The van der Waals surface area contributed by atoms with E-state index in [1.807, 2.05) is 11.0 Å². The van der Waals surface area contributed by atoms with Gasteiger partial charge in [0.05, 0.1) is 0 Å². The van der Waals surface area contributed by atoms with Crippen LogP contribution in [-0.4, -0.2) is 35.8 Å². The first-order chi connectivity index (χ1) is 12.0. The van der Waals surface area contributed by atoms with Crippen molar-refractivity contribution < 1.29 is 9.59 Å². The zero-order valence-electron chi connectivity index (χ0n) is 14.3. The van der Waals surface area contributed by atoms with Crippen LogP contribution in [0.1, 0.15) is 44.1 Å². The Morgan fingerprint density at radius 1 is 1.16 bits per heavy atom. The lowest BCUT2D eigenvalue weighted by Crippen LogP contribution is -2.39. The second-order valence-electron chi connectivity index (χ2n) is 7.05. The van der Waals surface area contributed by atoms with E-state index in [2.05, 4.69) is 5.32 Å². The topological polar surface area (TPSA) is 49.4 Å². The van der Waals surface area contributed by atoms with Gasteiger partial charge < -0.3 is 10.2 Å². The van der Waals surface area contributed by atoms with Crippen LogP contribution in [0.2, 0.25) is 10.0 Å². The summed E-state index contributed by atoms with van der Waals surface area (Å²) in [4.78, 5) is 26.6. The number of likely N-dealkylation sites (tertiary alicyclic amines) is 1. The first kappa shape index (κ1) is 18.5. The van der Waals surface area contributed by atoms with Crippen molar-refractivity contribution in [3.05, 3.63) is 33.8 Å². The molecule has 0 bridgehead atoms. The van der Waals surface area contributed by atoms with Crippen LogP contribution in [0, 0.1) is 5.92 Å². The number of aryl methyl sites for hydroxylation is 1. The normalized spacial score (nSPS) is 20.9. The van der Waals surface area contributed by atoms with Gasteiger partial charge in [0.15, 0.2) is 0 Å². The summed E-state index contributed by atoms with van der Waals surface area (Å²) in [5.74, 6) is 0.495. The molecule has 1 heterocycles. The molecule has 1 saturated heterocycles. The van der Waals surface area contributed by atoms with Gasteiger partial charge in [-0.05, 0) is 43.4 Å². The number of rotatable bonds is 5. The van der Waals surface area contributed by atoms with E-state index >= 15 is 0 Å². The molecule has 2 amide bonds. The minimum Gasteiger partial charge on any atom is -0.352 e. The van der Waals surface area contributed by atoms with Crippen molar-refractivity contribution in [1.29, 1.82) is 0 Å². The number of nitrogens with zero attached hydrogens (tertiary/aromatic N) is 1. The molecular formula is C19H24Cl2N2O2. The molecule has 1 aliphatic carbocycles. The number of carbonyl (C=O) groups excluding carboxylic acids is 2. The maximum atomic E-state index is 12.4. The maximum Gasteiger partial charge on any atom is 0.225 e. The van der Waals surface area contributed by atoms with E-state index < -0.39 is 0 Å². The van der Waals surface area contributed by atoms with Gasteiger partial charge in [0.1, 0.15) is 0 Å². The van der Waals surface area contributed by atoms with Gasteiger partial charge in [0.25, 0.3) is 0 Å². The number of carbonyl (C=O) groups is 2. The van der Waals surface area contributed by atoms with E-state index in [1.165, 1.54) is 0 Å². The summed E-state index contributed by atoms with van der Waals surface area (Å²) in [6, 6.07) is 5.40. The highest BCUT2D eigenvalue weighted by molar-refractivity contribution is 6.35. The van der Waals surface area contributed by atoms with Gasteiger partial charge in [-0.25, -0.2) is 0 Å². The molecule has 6 heteroatoms. The molecule has 136 valence electrons. The SMILES string of the molecule is O=C(CCc1ccc(Cl)cc1Cl)NC1CCN(C(=O)C2CCCC2)C1. The first-order valence-electron chi connectivity index (χ1n) is 9.05. The molecule has 0 aromatic heterocycles. The van der Waals surface area contributed by atoms with Crippen molar-refractivity contribution in [1.82, 2.24) is 10.2 Å². The zero-order valence-corrected chi connectivity index (χ0v) is 15.8. The van der Waals surface area contributed by atoms with Crippen LogP contribution in [0.5, 0.6) is 0 Å². The summed E-state index contributed by atoms with van der Waals surface area (Å²) in [6.07, 6.45) is 6.18. The molecule has 1 atom stereocenters. The molecule has 1 N–H and O–H groups in total. The van der Waals surface area contributed by atoms with Crippen molar-refractivity contribution in [2.75, 3.05) is 13.1 Å². The molecular weight excluding hydrogens is 359 g/mol. The summed E-state index contributed by atoms with van der Waals surface area (Å²) < 4.78 is 0. The van der Waals surface area contributed by atoms with Crippen LogP contribution in [0.15, 0.2) is 18.2 Å². The Labute approximate surface area is 158 Å². The van der Waals surface area contributed by atoms with Crippen molar-refractivity contribution >= 4 is 35.0 Å². The van der Waals surface area contributed by atoms with E-state index in [1.54, 1.807) is 12.1 Å². The largest absolute Gasteiger partial charge is 0.352 e. The molecule has 3 rings (SSSR count). The van der Waals surface area contributed by atoms with Gasteiger partial charge >= 0.3 is 0 Å². The summed E-state index contributed by atoms with van der Waals surface area (Å²) in [7, 11) is 0. The second kappa shape index (κ2) is 8.41. The summed E-state index contributed by atoms with van der Waals surface area (Å²) in [5.41, 5.74) is 0.922. The monoisotopic (exact) mass is 382 g/mol. The molecule has 2 fully saturated rings. The van der Waals surface area contributed by atoms with Crippen LogP contribution in [-0.2, 0) is 16.0 Å². The lowest BCUT2D eigenvalue weighted by atomic mass is 10.1. The number of nitrogens with one attached hydrogen (secondary N) is 1. The summed E-state index contributed by atoms with van der Waals surface area (Å²) in [5, 5.41) is 4.24. The molecule has 1 aliphatic heterocycles. The number of halogens is 2. The Morgan fingerprint density at radius 3 is 2.64 bits per heavy atom. The van der Waals surface area contributed by atoms with Gasteiger partial charge in [-0.1, -0.05) is 42.1 Å². The molecule has 0 spiro atoms. The third-order valence-electron chi connectivity index (χ3n) is 5.21. The lowest BCUT2D eigenvalue weighted by molar-refractivity contribution is -0.134. The predicted octanol–water partition coefficient (Wildman–Crippen LogP) is 3.83. The number of benzene rings is 1. The fourth-order valence-corrected chi connectivity index (χ4v) is 4.28. The fourth-order valence-electron chi connectivity index (χ4n) is 3.78. The highest BCUT2D eigenvalue weighted by atomic mass is 35.5. The predicted molar refractivity (Wildman–Crippen MR) is 99.9 cm³/mol. The maximum absolute atomic E-state index is 12.4. The van der Waals surface area contributed by atoms with E-state index in [0.717, 1.165) is 44.2 Å². The smallest absolute Gasteiger partial charge is 0.225 e. The minimum absolute atomic E-state index is 0.00572. The molecule has 25 heavy (non-hydrogen) atoms. The number of hydrogen-bond acceptors (Lipinski definition) is 2. The Morgan fingerprint density at radius 2 is 1.92 bits per heavy atom. The molecule has 2 aliphatic rings. The van der Waals surface area contributed by atoms with Gasteiger partial charge in [-0.2, -0.15) is 0 Å². The van der Waals surface area contributed by atoms with Gasteiger partial charge in [-0.15, -0.1) is 0 Å². The van der Waals surface area contributed by atoms with Gasteiger partial charge in [0, 0.05) is 41.5 Å². The molecule has 0 radical (unpaired) electrons. The van der Waals surface area contributed by atoms with Crippen LogP contribution >= 0.6 is 23.2 Å². The van der Waals surface area contributed by atoms with Crippen LogP contribution in [0.25, 0.3) is 0 Å². The van der Waals surface area contributed by atoms with Crippen molar-refractivity contribution in [3.8, 4) is 0 Å². The average molecular weight is 383 g/mol. The van der Waals surface area contributed by atoms with Crippen molar-refractivity contribution in [3.63, 3.8) is 0 Å². The van der Waals surface area contributed by atoms with Gasteiger partial charge in [-0.3, -0.25) is 9.59 Å². The minimum atomic E-state index is 0.00572. The van der Waals surface area contributed by atoms with Crippen molar-refractivity contribution in [2.45, 2.75) is 51.0 Å². The van der Waals surface area contributed by atoms with E-state index in [9.17, 15) is 9.59 Å². The molecule has 1 unspecified atom stereocenters. The van der Waals surface area contributed by atoms with Crippen LogP contribution in [0.4, 0.5) is 0 Å². The molecule has 1 saturated carbocycles. The highest BCUT2D eigenvalue weighted by Gasteiger charge is 2.32. The Balaban J connectivity index is 1.43. The highest BCUT2D eigenvalue weighted by Crippen LogP contribution is 2.28. The summed E-state index contributed by atoms with van der Waals surface area (Å²) >= 11 is 12.0. The molecule has 4 nitrogen and oxygen atoms in total. The average Bonchev–Trinajstić information content (AvgIpc) is 3.25. The zero-order chi connectivity index (χ0) is 17.8. The standard InChI is InChI=1S/C19H24Cl2N2O2/c20-15-7-5-13(17(21)11-15)6-8-18(24)22-16-9-10-23(12-16)19(25)14-3-1-2-4-14/h5,7,11,14,16H,1-4,6,8-10,12H2,(H,22,24). The van der Waals surface area contributed by atoms with Crippen LogP contribution < -0.4 is 5.32 Å². The molecule has 1 aromatic rings. The Hall–Kier alpha value is -1.26.